The number of esters is 1. The number of ether oxygens (including phenoxy) is 1. The number of carbonyl (C=O) groups excluding carboxylic acids is 1. The smallest absolute Gasteiger partial charge is 0.338 e. The van der Waals surface area contributed by atoms with Crippen LogP contribution in [0, 0.1) is 0 Å². The van der Waals surface area contributed by atoms with E-state index in [1.807, 2.05) is 0 Å². The Morgan fingerprint density at radius 1 is 1.47 bits per heavy atom. The molecule has 1 atom stereocenters. The summed E-state index contributed by atoms with van der Waals surface area (Å²) in [4.78, 5) is 11.4. The van der Waals surface area contributed by atoms with Gasteiger partial charge in [-0.25, -0.2) is 9.18 Å². The lowest BCUT2D eigenvalue weighted by atomic mass is 10.1. The quantitative estimate of drug-likeness (QED) is 0.604. The van der Waals surface area contributed by atoms with Gasteiger partial charge in [0.15, 0.2) is 0 Å². The second-order valence-corrected chi connectivity index (χ2v) is 4.83. The molecule has 0 aliphatic carbocycles. The van der Waals surface area contributed by atoms with Crippen molar-refractivity contribution in [3.63, 3.8) is 0 Å². The van der Waals surface area contributed by atoms with Crippen molar-refractivity contribution < 1.29 is 13.9 Å². The van der Waals surface area contributed by atoms with Gasteiger partial charge in [0, 0.05) is 17.3 Å². The summed E-state index contributed by atoms with van der Waals surface area (Å²) in [5.74, 6) is -0.418. The third kappa shape index (κ3) is 3.96. The predicted molar refractivity (Wildman–Crippen MR) is 69.4 cm³/mol. The van der Waals surface area contributed by atoms with Gasteiger partial charge in [0.25, 0.3) is 0 Å². The summed E-state index contributed by atoms with van der Waals surface area (Å²) in [6.07, 6.45) is 0.160. The van der Waals surface area contributed by atoms with E-state index >= 15 is 0 Å². The highest BCUT2D eigenvalue weighted by atomic mass is 79.9. The molecule has 17 heavy (non-hydrogen) atoms. The van der Waals surface area contributed by atoms with E-state index in [0.717, 1.165) is 0 Å². The first-order valence-corrected chi connectivity index (χ1v) is 6.72. The zero-order valence-corrected chi connectivity index (χ0v) is 11.7. The third-order valence-electron chi connectivity index (χ3n) is 2.23. The molecule has 0 bridgehead atoms. The number of benzene rings is 1. The lowest BCUT2D eigenvalue weighted by Gasteiger charge is -2.17. The van der Waals surface area contributed by atoms with Gasteiger partial charge in [-0.05, 0) is 19.1 Å². The Morgan fingerprint density at radius 3 is 2.53 bits per heavy atom. The van der Waals surface area contributed by atoms with Crippen LogP contribution in [0.1, 0.15) is 29.3 Å². The predicted octanol–water partition coefficient (Wildman–Crippen LogP) is 4.01. The SMILES string of the molecule is CCOC(=O)c1ccc(C(F)(Cl)CCBr)cc1. The topological polar surface area (TPSA) is 26.3 Å². The van der Waals surface area contributed by atoms with E-state index in [1.54, 1.807) is 6.92 Å². The minimum atomic E-state index is -1.91. The number of carbonyl (C=O) groups is 1. The fourth-order valence-corrected chi connectivity index (χ4v) is 2.32. The zero-order valence-electron chi connectivity index (χ0n) is 9.38. The van der Waals surface area contributed by atoms with Gasteiger partial charge in [-0.2, -0.15) is 0 Å². The highest BCUT2D eigenvalue weighted by Crippen LogP contribution is 2.35. The van der Waals surface area contributed by atoms with Gasteiger partial charge in [0.1, 0.15) is 0 Å². The summed E-state index contributed by atoms with van der Waals surface area (Å²) >= 11 is 8.88. The van der Waals surface area contributed by atoms with E-state index in [9.17, 15) is 9.18 Å². The molecule has 2 nitrogen and oxygen atoms in total. The molecule has 0 spiro atoms. The second-order valence-electron chi connectivity index (χ2n) is 3.44. The van der Waals surface area contributed by atoms with Crippen molar-refractivity contribution >= 4 is 33.5 Å². The molecular weight excluding hydrogens is 310 g/mol. The zero-order chi connectivity index (χ0) is 12.9. The molecular formula is C12H13BrClFO2. The number of rotatable bonds is 5. The van der Waals surface area contributed by atoms with Crippen LogP contribution in [0.15, 0.2) is 24.3 Å². The van der Waals surface area contributed by atoms with Gasteiger partial charge in [0.2, 0.25) is 5.13 Å². The Labute approximate surface area is 113 Å². The summed E-state index contributed by atoms with van der Waals surface area (Å²) in [6, 6.07) is 6.03. The first kappa shape index (κ1) is 14.5. The average Bonchev–Trinajstić information content (AvgIpc) is 2.29. The standard InChI is InChI=1S/C12H13BrClFO2/c1-2-17-11(16)9-3-5-10(6-4-9)12(14,15)7-8-13/h3-6H,2,7-8H2,1H3. The molecule has 1 rings (SSSR count). The van der Waals surface area contributed by atoms with Crippen LogP contribution in [0.4, 0.5) is 4.39 Å². The van der Waals surface area contributed by atoms with Crippen LogP contribution in [0.5, 0.6) is 0 Å². The minimum absolute atomic E-state index is 0.160. The van der Waals surface area contributed by atoms with Crippen molar-refractivity contribution in [1.29, 1.82) is 0 Å². The van der Waals surface area contributed by atoms with E-state index < -0.39 is 11.1 Å². The van der Waals surface area contributed by atoms with Crippen LogP contribution in [0.3, 0.4) is 0 Å². The van der Waals surface area contributed by atoms with Gasteiger partial charge < -0.3 is 4.74 Å². The first-order chi connectivity index (χ1) is 8.01. The first-order valence-electron chi connectivity index (χ1n) is 5.22. The molecule has 1 unspecified atom stereocenters. The number of hydrogen-bond donors (Lipinski definition) is 0. The average molecular weight is 324 g/mol. The maximum atomic E-state index is 13.9. The summed E-state index contributed by atoms with van der Waals surface area (Å²) in [6.45, 7) is 2.04. The maximum absolute atomic E-state index is 13.9. The van der Waals surface area contributed by atoms with Crippen LogP contribution in [-0.4, -0.2) is 17.9 Å². The van der Waals surface area contributed by atoms with Crippen LogP contribution in [0.25, 0.3) is 0 Å². The van der Waals surface area contributed by atoms with Gasteiger partial charge in [0.05, 0.1) is 12.2 Å². The molecule has 0 N–H and O–H groups in total. The van der Waals surface area contributed by atoms with Gasteiger partial charge in [-0.3, -0.25) is 0 Å². The molecule has 0 aliphatic rings. The normalized spacial score (nSPS) is 14.1. The van der Waals surface area contributed by atoms with E-state index in [0.29, 0.717) is 23.1 Å². The van der Waals surface area contributed by atoms with Crippen LogP contribution >= 0.6 is 27.5 Å². The van der Waals surface area contributed by atoms with Crippen molar-refractivity contribution in [2.45, 2.75) is 18.5 Å². The largest absolute Gasteiger partial charge is 0.462 e. The molecule has 0 fully saturated rings. The Morgan fingerprint density at radius 2 is 2.06 bits per heavy atom. The molecule has 0 amide bonds. The third-order valence-corrected chi connectivity index (χ3v) is 3.03. The van der Waals surface area contributed by atoms with Crippen LogP contribution < -0.4 is 0 Å². The molecule has 0 aromatic heterocycles. The fraction of sp³-hybridized carbons (Fsp3) is 0.417. The fourth-order valence-electron chi connectivity index (χ4n) is 1.33. The highest BCUT2D eigenvalue weighted by Gasteiger charge is 2.28. The van der Waals surface area contributed by atoms with Crippen molar-refractivity contribution in [2.24, 2.45) is 0 Å². The number of hydrogen-bond acceptors (Lipinski definition) is 2. The van der Waals surface area contributed by atoms with Crippen molar-refractivity contribution in [2.75, 3.05) is 11.9 Å². The van der Waals surface area contributed by atoms with E-state index in [4.69, 9.17) is 16.3 Å². The van der Waals surface area contributed by atoms with E-state index in [2.05, 4.69) is 15.9 Å². The molecule has 1 aromatic rings. The molecule has 1 aromatic carbocycles. The summed E-state index contributed by atoms with van der Waals surface area (Å²) in [5, 5.41) is -1.44. The lowest BCUT2D eigenvalue weighted by Crippen LogP contribution is -2.13. The second kappa shape index (κ2) is 6.36. The Hall–Kier alpha value is -0.610. The molecule has 0 aliphatic heterocycles. The molecule has 94 valence electrons. The molecule has 0 saturated heterocycles. The molecule has 0 heterocycles. The molecule has 0 saturated carbocycles. The van der Waals surface area contributed by atoms with Crippen molar-refractivity contribution in [3.8, 4) is 0 Å². The van der Waals surface area contributed by atoms with Crippen LogP contribution in [0.2, 0.25) is 0 Å². The monoisotopic (exact) mass is 322 g/mol. The van der Waals surface area contributed by atoms with Gasteiger partial charge in [-0.15, -0.1) is 0 Å². The Bertz CT molecular complexity index is 379. The Kier molecular flexibility index (Phi) is 5.40. The number of halogens is 3. The maximum Gasteiger partial charge on any atom is 0.338 e. The van der Waals surface area contributed by atoms with Crippen molar-refractivity contribution in [1.82, 2.24) is 0 Å². The van der Waals surface area contributed by atoms with E-state index in [1.165, 1.54) is 24.3 Å². The summed E-state index contributed by atoms with van der Waals surface area (Å²) < 4.78 is 18.8. The Balaban J connectivity index is 2.84. The molecule has 0 radical (unpaired) electrons. The van der Waals surface area contributed by atoms with E-state index in [-0.39, 0.29) is 6.42 Å². The highest BCUT2D eigenvalue weighted by molar-refractivity contribution is 9.09. The van der Waals surface area contributed by atoms with Gasteiger partial charge >= 0.3 is 5.97 Å². The summed E-state index contributed by atoms with van der Waals surface area (Å²) in [5.41, 5.74) is 0.730. The minimum Gasteiger partial charge on any atom is -0.462 e. The van der Waals surface area contributed by atoms with Crippen molar-refractivity contribution in [3.05, 3.63) is 35.4 Å². The molecule has 5 heteroatoms. The van der Waals surface area contributed by atoms with Crippen LogP contribution in [-0.2, 0) is 9.86 Å². The number of alkyl halides is 3. The lowest BCUT2D eigenvalue weighted by molar-refractivity contribution is 0.0526. The van der Waals surface area contributed by atoms with Gasteiger partial charge in [-0.1, -0.05) is 39.7 Å². The summed E-state index contributed by atoms with van der Waals surface area (Å²) in [7, 11) is 0.